The number of hydrogen-bond donors (Lipinski definition) is 0. The van der Waals surface area contributed by atoms with E-state index in [1.165, 1.54) is 32.4 Å². The molecule has 2 saturated heterocycles. The van der Waals surface area contributed by atoms with Crippen molar-refractivity contribution in [2.24, 2.45) is 5.92 Å². The second-order valence-corrected chi connectivity index (χ2v) is 7.60. The number of carbonyl (C=O) groups excluding carboxylic acids is 5. The number of benzene rings is 1. The molecule has 2 fully saturated rings. The van der Waals surface area contributed by atoms with Gasteiger partial charge in [0.15, 0.2) is 0 Å². The number of carbonyl (C=O) groups is 5. The number of methoxy groups -OCH3 is 2. The number of nitrogens with zero attached hydrogens (tertiary/aromatic N) is 2. The second-order valence-electron chi connectivity index (χ2n) is 7.60. The minimum absolute atomic E-state index is 0.0182. The van der Waals surface area contributed by atoms with Crippen LogP contribution < -0.4 is 4.90 Å². The summed E-state index contributed by atoms with van der Waals surface area (Å²) in [7, 11) is 2.38. The number of imide groups is 1. The molecule has 0 saturated carbocycles. The SMILES string of the molecule is CCOC(=O)C1CCN([C@H]2CC(=O)N(c3cc(C(=O)OC)cc(C(=O)OC)c3)C2=O)CC1. The van der Waals surface area contributed by atoms with Gasteiger partial charge in [-0.3, -0.25) is 19.3 Å². The molecule has 0 spiro atoms. The van der Waals surface area contributed by atoms with Crippen molar-refractivity contribution >= 4 is 35.4 Å². The fourth-order valence-electron chi connectivity index (χ4n) is 4.09. The molecule has 0 unspecified atom stereocenters. The number of anilines is 1. The van der Waals surface area contributed by atoms with Gasteiger partial charge in [-0.05, 0) is 51.1 Å². The van der Waals surface area contributed by atoms with Gasteiger partial charge in [-0.25, -0.2) is 14.5 Å². The van der Waals surface area contributed by atoms with E-state index in [-0.39, 0.29) is 35.1 Å². The molecule has 3 rings (SSSR count). The molecular weight excluding hydrogens is 420 g/mol. The van der Waals surface area contributed by atoms with Crippen LogP contribution in [0.4, 0.5) is 5.69 Å². The Hall–Kier alpha value is -3.27. The maximum atomic E-state index is 13.2. The molecular formula is C22H26N2O8. The molecule has 0 radical (unpaired) electrons. The summed E-state index contributed by atoms with van der Waals surface area (Å²) in [4.78, 5) is 64.9. The summed E-state index contributed by atoms with van der Waals surface area (Å²) in [5.41, 5.74) is 0.140. The summed E-state index contributed by atoms with van der Waals surface area (Å²) in [5.74, 6) is -2.76. The molecule has 10 nitrogen and oxygen atoms in total. The number of piperidine rings is 1. The Kier molecular flexibility index (Phi) is 7.24. The molecule has 2 heterocycles. The van der Waals surface area contributed by atoms with Gasteiger partial charge in [0.1, 0.15) is 0 Å². The van der Waals surface area contributed by atoms with Crippen molar-refractivity contribution in [3.63, 3.8) is 0 Å². The van der Waals surface area contributed by atoms with Gasteiger partial charge in [0, 0.05) is 0 Å². The van der Waals surface area contributed by atoms with E-state index in [0.717, 1.165) is 4.90 Å². The van der Waals surface area contributed by atoms with Gasteiger partial charge >= 0.3 is 17.9 Å². The van der Waals surface area contributed by atoms with Crippen LogP contribution in [0.5, 0.6) is 0 Å². The predicted octanol–water partition coefficient (Wildman–Crippen LogP) is 1.17. The quantitative estimate of drug-likeness (QED) is 0.360. The molecule has 0 N–H and O–H groups in total. The third-order valence-electron chi connectivity index (χ3n) is 5.73. The lowest BCUT2D eigenvalue weighted by Crippen LogP contribution is -2.47. The average molecular weight is 446 g/mol. The minimum atomic E-state index is -0.714. The van der Waals surface area contributed by atoms with E-state index in [9.17, 15) is 24.0 Å². The summed E-state index contributed by atoms with van der Waals surface area (Å²) in [6.07, 6.45) is 1.06. The molecule has 1 atom stereocenters. The van der Waals surface area contributed by atoms with Crippen LogP contribution in [-0.4, -0.2) is 74.6 Å². The van der Waals surface area contributed by atoms with Crippen LogP contribution >= 0.6 is 0 Å². The zero-order valence-corrected chi connectivity index (χ0v) is 18.3. The molecule has 1 aromatic carbocycles. The molecule has 0 bridgehead atoms. The zero-order valence-electron chi connectivity index (χ0n) is 18.3. The van der Waals surface area contributed by atoms with Crippen molar-refractivity contribution < 1.29 is 38.2 Å². The zero-order chi connectivity index (χ0) is 23.4. The van der Waals surface area contributed by atoms with E-state index < -0.39 is 29.8 Å². The summed E-state index contributed by atoms with van der Waals surface area (Å²) in [6, 6.07) is 3.28. The van der Waals surface area contributed by atoms with Crippen molar-refractivity contribution in [3.05, 3.63) is 29.3 Å². The van der Waals surface area contributed by atoms with E-state index in [4.69, 9.17) is 14.2 Å². The fraction of sp³-hybridized carbons (Fsp3) is 0.500. The normalized spacial score (nSPS) is 19.7. The number of ether oxygens (including phenoxy) is 3. The first-order valence-corrected chi connectivity index (χ1v) is 10.4. The van der Waals surface area contributed by atoms with Crippen LogP contribution in [0.2, 0.25) is 0 Å². The topological polar surface area (TPSA) is 120 Å². The Morgan fingerprint density at radius 2 is 1.53 bits per heavy atom. The van der Waals surface area contributed by atoms with Crippen molar-refractivity contribution in [2.45, 2.75) is 32.2 Å². The van der Waals surface area contributed by atoms with Gasteiger partial charge in [-0.15, -0.1) is 0 Å². The highest BCUT2D eigenvalue weighted by Gasteiger charge is 2.44. The number of esters is 3. The summed E-state index contributed by atoms with van der Waals surface area (Å²) in [5, 5.41) is 0. The first kappa shape index (κ1) is 23.4. The highest BCUT2D eigenvalue weighted by atomic mass is 16.5. The number of amides is 2. The first-order chi connectivity index (χ1) is 15.3. The van der Waals surface area contributed by atoms with Crippen LogP contribution in [-0.2, 0) is 28.6 Å². The van der Waals surface area contributed by atoms with E-state index in [1.807, 2.05) is 4.90 Å². The third-order valence-corrected chi connectivity index (χ3v) is 5.73. The lowest BCUT2D eigenvalue weighted by atomic mass is 9.95. The van der Waals surface area contributed by atoms with E-state index in [1.54, 1.807) is 6.92 Å². The summed E-state index contributed by atoms with van der Waals surface area (Å²) >= 11 is 0. The molecule has 0 aliphatic carbocycles. The molecule has 2 amide bonds. The van der Waals surface area contributed by atoms with Crippen molar-refractivity contribution in [1.82, 2.24) is 4.90 Å². The van der Waals surface area contributed by atoms with Crippen LogP contribution in [0, 0.1) is 5.92 Å². The van der Waals surface area contributed by atoms with Crippen molar-refractivity contribution in [3.8, 4) is 0 Å². The molecule has 172 valence electrons. The third kappa shape index (κ3) is 4.64. The Morgan fingerprint density at radius 3 is 2.03 bits per heavy atom. The Morgan fingerprint density at radius 1 is 0.969 bits per heavy atom. The monoisotopic (exact) mass is 446 g/mol. The van der Waals surface area contributed by atoms with E-state index >= 15 is 0 Å². The fourth-order valence-corrected chi connectivity index (χ4v) is 4.09. The van der Waals surface area contributed by atoms with Crippen LogP contribution in [0.15, 0.2) is 18.2 Å². The number of rotatable bonds is 6. The Labute approximate surface area is 185 Å². The van der Waals surface area contributed by atoms with Crippen LogP contribution in [0.3, 0.4) is 0 Å². The maximum Gasteiger partial charge on any atom is 0.337 e. The van der Waals surface area contributed by atoms with Crippen LogP contribution in [0.25, 0.3) is 0 Å². The van der Waals surface area contributed by atoms with Crippen LogP contribution in [0.1, 0.15) is 46.9 Å². The van der Waals surface area contributed by atoms with Crippen molar-refractivity contribution in [1.29, 1.82) is 0 Å². The Bertz CT molecular complexity index is 902. The highest BCUT2D eigenvalue weighted by Crippen LogP contribution is 2.30. The van der Waals surface area contributed by atoms with Gasteiger partial charge in [-0.2, -0.15) is 0 Å². The van der Waals surface area contributed by atoms with E-state index in [2.05, 4.69) is 0 Å². The lowest BCUT2D eigenvalue weighted by Gasteiger charge is -2.33. The average Bonchev–Trinajstić information content (AvgIpc) is 3.11. The smallest absolute Gasteiger partial charge is 0.337 e. The molecule has 2 aliphatic heterocycles. The standard InChI is InChI=1S/C22H26N2O8/c1-4-32-22(29)13-5-7-23(8-6-13)17-12-18(25)24(19(17)26)16-10-14(20(27)30-2)9-15(11-16)21(28)31-3/h9-11,13,17H,4-8,12H2,1-3H3/t17-/m0/s1. The molecule has 2 aliphatic rings. The van der Waals surface area contributed by atoms with Gasteiger partial charge in [0.05, 0.1) is 56.0 Å². The summed E-state index contributed by atoms with van der Waals surface area (Å²) < 4.78 is 14.5. The minimum Gasteiger partial charge on any atom is -0.466 e. The maximum absolute atomic E-state index is 13.2. The van der Waals surface area contributed by atoms with Gasteiger partial charge in [0.25, 0.3) is 5.91 Å². The molecule has 0 aromatic heterocycles. The summed E-state index contributed by atoms with van der Waals surface area (Å²) in [6.45, 7) is 3.04. The van der Waals surface area contributed by atoms with Gasteiger partial charge < -0.3 is 14.2 Å². The van der Waals surface area contributed by atoms with Crippen molar-refractivity contribution in [2.75, 3.05) is 38.8 Å². The lowest BCUT2D eigenvalue weighted by molar-refractivity contribution is -0.149. The van der Waals surface area contributed by atoms with E-state index in [0.29, 0.717) is 32.5 Å². The number of hydrogen-bond acceptors (Lipinski definition) is 9. The second kappa shape index (κ2) is 9.90. The largest absolute Gasteiger partial charge is 0.466 e. The highest BCUT2D eigenvalue weighted by molar-refractivity contribution is 6.23. The van der Waals surface area contributed by atoms with Gasteiger partial charge in [0.2, 0.25) is 5.91 Å². The first-order valence-electron chi connectivity index (χ1n) is 10.4. The number of likely N-dealkylation sites (tertiary alicyclic amines) is 1. The molecule has 32 heavy (non-hydrogen) atoms. The van der Waals surface area contributed by atoms with Gasteiger partial charge in [-0.1, -0.05) is 0 Å². The Balaban J connectivity index is 1.81. The molecule has 1 aromatic rings. The molecule has 10 heteroatoms. The predicted molar refractivity (Wildman–Crippen MR) is 111 cm³/mol.